The van der Waals surface area contributed by atoms with Crippen LogP contribution in [-0.2, 0) is 10.8 Å². The van der Waals surface area contributed by atoms with Crippen LogP contribution in [0.2, 0.25) is 0 Å². The third-order valence-electron chi connectivity index (χ3n) is 14.4. The van der Waals surface area contributed by atoms with Gasteiger partial charge < -0.3 is 9.13 Å². The highest BCUT2D eigenvalue weighted by Gasteiger charge is 2.42. The lowest BCUT2D eigenvalue weighted by molar-refractivity contribution is 0.591. The van der Waals surface area contributed by atoms with Gasteiger partial charge in [0.05, 0.1) is 22.4 Å². The number of hydrogen-bond acceptors (Lipinski definition) is 1. The number of nitrogens with zero attached hydrogens (tertiary/aromatic N) is 3. The van der Waals surface area contributed by atoms with Gasteiger partial charge in [0.25, 0.3) is 6.71 Å². The molecule has 0 saturated heterocycles. The quantitative estimate of drug-likeness (QED) is 0.162. The molecule has 0 fully saturated rings. The van der Waals surface area contributed by atoms with E-state index in [2.05, 4.69) is 233 Å². The normalized spacial score (nSPS) is 13.0. The van der Waals surface area contributed by atoms with Gasteiger partial charge in [-0.15, -0.1) is 0 Å². The summed E-state index contributed by atoms with van der Waals surface area (Å²) in [6.45, 7) is 13.9. The Morgan fingerprint density at radius 2 is 0.800 bits per heavy atom. The third kappa shape index (κ3) is 5.66. The van der Waals surface area contributed by atoms with Crippen molar-refractivity contribution in [2.24, 2.45) is 0 Å². The molecule has 310 valence electrons. The minimum Gasteiger partial charge on any atom is -0.310 e. The number of fused-ring (bicyclic) bond motifs is 10. The summed E-state index contributed by atoms with van der Waals surface area (Å²) in [5, 5.41) is 5.16. The molecular weight excluding hydrogens is 786 g/mol. The zero-order valence-electron chi connectivity index (χ0n) is 37.7. The van der Waals surface area contributed by atoms with Gasteiger partial charge in [0.1, 0.15) is 0 Å². The second kappa shape index (κ2) is 13.5. The lowest BCUT2D eigenvalue weighted by Crippen LogP contribution is -2.59. The van der Waals surface area contributed by atoms with E-state index in [0.717, 1.165) is 22.5 Å². The Kier molecular flexibility index (Phi) is 7.93. The Morgan fingerprint density at radius 1 is 0.369 bits per heavy atom. The maximum atomic E-state index is 5.41. The second-order valence-corrected chi connectivity index (χ2v) is 20.4. The zero-order chi connectivity index (χ0) is 43.9. The summed E-state index contributed by atoms with van der Waals surface area (Å²) in [4.78, 5) is 5.41. The molecule has 3 nitrogen and oxygen atoms in total. The Labute approximate surface area is 380 Å². The molecule has 0 spiro atoms. The maximum Gasteiger partial charge on any atom is 0.252 e. The molecule has 2 aliphatic rings. The molecule has 0 atom stereocenters. The minimum absolute atomic E-state index is 0.0112. The molecule has 8 aromatic carbocycles. The Bertz CT molecular complexity index is 3560. The van der Waals surface area contributed by atoms with Crippen molar-refractivity contribution in [3.63, 3.8) is 0 Å². The summed E-state index contributed by atoms with van der Waals surface area (Å²) in [5.41, 5.74) is 23.2. The van der Waals surface area contributed by atoms with Crippen molar-refractivity contribution in [2.45, 2.75) is 52.4 Å². The first kappa shape index (κ1) is 38.1. The Balaban J connectivity index is 1.22. The fourth-order valence-corrected chi connectivity index (χ4v) is 11.1. The van der Waals surface area contributed by atoms with Gasteiger partial charge in [0, 0.05) is 55.1 Å². The van der Waals surface area contributed by atoms with E-state index in [9.17, 15) is 0 Å². The number of benzene rings is 8. The average molecular weight is 834 g/mol. The van der Waals surface area contributed by atoms with Crippen LogP contribution in [0.3, 0.4) is 0 Å². The molecule has 65 heavy (non-hydrogen) atoms. The first-order chi connectivity index (χ1) is 31.5. The van der Waals surface area contributed by atoms with E-state index in [1.54, 1.807) is 0 Å². The molecular formula is C61H48BN3. The standard InChI is InChI=1S/C61H48BN3/c1-60(2,3)43-25-27-53-45(35-43)47-29-40(37-17-10-7-11-18-37)31-49-58(47)64(53)55-33-42(52-24-16-23-51(63-52)39-21-14-9-15-22-39)34-56-57(55)62(49)50-32-41(38-19-12-8-13-20-38)30-48-46-36-44(61(4,5)6)26-28-54(46)65(56)59(48)50/h7-36H,1-6H3. The first-order valence-electron chi connectivity index (χ1n) is 23.1. The van der Waals surface area contributed by atoms with Crippen LogP contribution >= 0.6 is 0 Å². The first-order valence-corrected chi connectivity index (χ1v) is 23.1. The SMILES string of the molecule is CC(C)(C)c1ccc2c(c1)c1cc(-c3ccccc3)cc3c1n2-c1cc(-c2cccc(-c4ccccc4)n2)cc2c1B3c1cc(-c3ccccc3)cc3c4cc(C(C)(C)C)ccc4n-2c13. The molecule has 0 bridgehead atoms. The van der Waals surface area contributed by atoms with Crippen molar-refractivity contribution < 1.29 is 0 Å². The van der Waals surface area contributed by atoms with Gasteiger partial charge in [-0.3, -0.25) is 0 Å². The third-order valence-corrected chi connectivity index (χ3v) is 14.4. The molecule has 0 radical (unpaired) electrons. The van der Waals surface area contributed by atoms with Gasteiger partial charge in [0.2, 0.25) is 0 Å². The Morgan fingerprint density at radius 3 is 1.25 bits per heavy atom. The van der Waals surface area contributed by atoms with Crippen LogP contribution in [0.15, 0.2) is 182 Å². The second-order valence-electron chi connectivity index (χ2n) is 20.4. The van der Waals surface area contributed by atoms with E-state index in [4.69, 9.17) is 4.98 Å². The number of pyridine rings is 1. The van der Waals surface area contributed by atoms with Gasteiger partial charge in [0.15, 0.2) is 0 Å². The molecule has 13 rings (SSSR count). The van der Waals surface area contributed by atoms with Gasteiger partial charge >= 0.3 is 0 Å². The molecule has 4 heteroatoms. The highest BCUT2D eigenvalue weighted by Crippen LogP contribution is 2.44. The van der Waals surface area contributed by atoms with Crippen molar-refractivity contribution in [2.75, 3.05) is 0 Å². The van der Waals surface area contributed by atoms with E-state index in [0.29, 0.717) is 0 Å². The van der Waals surface area contributed by atoms with Crippen LogP contribution in [0, 0.1) is 0 Å². The predicted molar refractivity (Wildman–Crippen MR) is 277 cm³/mol. The highest BCUT2D eigenvalue weighted by atomic mass is 15.0. The van der Waals surface area contributed by atoms with Crippen molar-refractivity contribution in [3.8, 4) is 56.1 Å². The largest absolute Gasteiger partial charge is 0.310 e. The van der Waals surface area contributed by atoms with Gasteiger partial charge in [-0.2, -0.15) is 0 Å². The van der Waals surface area contributed by atoms with Crippen molar-refractivity contribution in [3.05, 3.63) is 193 Å². The fraction of sp³-hybridized carbons (Fsp3) is 0.131. The van der Waals surface area contributed by atoms with Gasteiger partial charge in [-0.25, -0.2) is 4.98 Å². The lowest BCUT2D eigenvalue weighted by Gasteiger charge is -2.34. The van der Waals surface area contributed by atoms with E-state index >= 15 is 0 Å². The van der Waals surface area contributed by atoms with Crippen molar-refractivity contribution in [1.29, 1.82) is 0 Å². The molecule has 0 unspecified atom stereocenters. The molecule has 0 N–H and O–H groups in total. The topological polar surface area (TPSA) is 22.8 Å². The smallest absolute Gasteiger partial charge is 0.252 e. The fourth-order valence-electron chi connectivity index (χ4n) is 11.1. The van der Waals surface area contributed by atoms with Gasteiger partial charge in [-0.1, -0.05) is 163 Å². The van der Waals surface area contributed by atoms with Crippen LogP contribution < -0.4 is 16.4 Å². The summed E-state index contributed by atoms with van der Waals surface area (Å²) >= 11 is 0. The van der Waals surface area contributed by atoms with E-state index in [1.165, 1.54) is 105 Å². The molecule has 0 amide bonds. The summed E-state index contributed by atoms with van der Waals surface area (Å²) in [6.07, 6.45) is 0. The lowest BCUT2D eigenvalue weighted by atomic mass is 9.34. The van der Waals surface area contributed by atoms with E-state index < -0.39 is 0 Å². The van der Waals surface area contributed by atoms with Crippen LogP contribution in [0.25, 0.3) is 99.8 Å². The van der Waals surface area contributed by atoms with Gasteiger partial charge in [-0.05, 0) is 121 Å². The number of aromatic nitrogens is 3. The molecule has 0 aliphatic carbocycles. The van der Waals surface area contributed by atoms with Crippen molar-refractivity contribution in [1.82, 2.24) is 14.1 Å². The molecule has 2 aliphatic heterocycles. The Hall–Kier alpha value is -7.43. The van der Waals surface area contributed by atoms with Crippen LogP contribution in [-0.4, -0.2) is 20.8 Å². The number of hydrogen-bond donors (Lipinski definition) is 0. The predicted octanol–water partition coefficient (Wildman–Crippen LogP) is 13.7. The summed E-state index contributed by atoms with van der Waals surface area (Å²) in [6, 6.07) is 68.3. The number of rotatable bonds is 4. The molecule has 3 aromatic heterocycles. The highest BCUT2D eigenvalue weighted by molar-refractivity contribution is 7.00. The summed E-state index contributed by atoms with van der Waals surface area (Å²) in [5.74, 6) is 0. The zero-order valence-corrected chi connectivity index (χ0v) is 37.7. The average Bonchev–Trinajstić information content (AvgIpc) is 3.84. The molecule has 11 aromatic rings. The van der Waals surface area contributed by atoms with Crippen LogP contribution in [0.1, 0.15) is 52.7 Å². The summed E-state index contributed by atoms with van der Waals surface area (Å²) < 4.78 is 5.21. The van der Waals surface area contributed by atoms with E-state index in [1.807, 2.05) is 0 Å². The maximum absolute atomic E-state index is 5.41. The molecule has 5 heterocycles. The monoisotopic (exact) mass is 833 g/mol. The minimum atomic E-state index is -0.0345. The van der Waals surface area contributed by atoms with Crippen LogP contribution in [0.4, 0.5) is 0 Å². The summed E-state index contributed by atoms with van der Waals surface area (Å²) in [7, 11) is 0. The molecule has 0 saturated carbocycles. The van der Waals surface area contributed by atoms with Crippen molar-refractivity contribution >= 4 is 66.7 Å². The van der Waals surface area contributed by atoms with E-state index in [-0.39, 0.29) is 17.5 Å². The van der Waals surface area contributed by atoms with Crippen LogP contribution in [0.5, 0.6) is 0 Å².